The molecule has 0 aliphatic heterocycles. The van der Waals surface area contributed by atoms with Gasteiger partial charge >= 0.3 is 5.97 Å². The Kier molecular flexibility index (Phi) is 2.03. The molecule has 2 nitrogen and oxygen atoms in total. The molecule has 0 saturated heterocycles. The zero-order chi connectivity index (χ0) is 8.59. The SMILES string of the molecule is CC(C)=C[C@H]1[C@@H](C)[C@@H]1C(=O)O. The van der Waals surface area contributed by atoms with E-state index in [0.29, 0.717) is 5.92 Å². The molecule has 1 rings (SSSR count). The molecular formula is C9H14O2. The van der Waals surface area contributed by atoms with Crippen LogP contribution in [-0.2, 0) is 4.79 Å². The summed E-state index contributed by atoms with van der Waals surface area (Å²) in [5, 5.41) is 8.68. The number of rotatable bonds is 2. The van der Waals surface area contributed by atoms with Gasteiger partial charge < -0.3 is 5.11 Å². The lowest BCUT2D eigenvalue weighted by atomic mass is 10.2. The van der Waals surface area contributed by atoms with Gasteiger partial charge in [0.1, 0.15) is 0 Å². The van der Waals surface area contributed by atoms with Crippen LogP contribution in [0.2, 0.25) is 0 Å². The number of carbonyl (C=O) groups is 1. The maximum absolute atomic E-state index is 10.5. The predicted octanol–water partition coefficient (Wildman–Crippen LogP) is 1.92. The molecule has 0 bridgehead atoms. The second-order valence-electron chi connectivity index (χ2n) is 3.54. The first-order chi connectivity index (χ1) is 5.04. The minimum atomic E-state index is -0.653. The van der Waals surface area contributed by atoms with Crippen LogP contribution in [0.3, 0.4) is 0 Å². The third kappa shape index (κ3) is 1.62. The first kappa shape index (κ1) is 8.31. The molecule has 0 aromatic heterocycles. The molecule has 3 atom stereocenters. The van der Waals surface area contributed by atoms with Crippen molar-refractivity contribution in [2.24, 2.45) is 17.8 Å². The number of carboxylic acids is 1. The largest absolute Gasteiger partial charge is 0.481 e. The van der Waals surface area contributed by atoms with E-state index in [9.17, 15) is 4.79 Å². The van der Waals surface area contributed by atoms with Crippen molar-refractivity contribution in [3.63, 3.8) is 0 Å². The van der Waals surface area contributed by atoms with E-state index in [0.717, 1.165) is 0 Å². The summed E-state index contributed by atoms with van der Waals surface area (Å²) in [6.07, 6.45) is 2.06. The fourth-order valence-electron chi connectivity index (χ4n) is 1.52. The maximum atomic E-state index is 10.5. The van der Waals surface area contributed by atoms with E-state index in [2.05, 4.69) is 6.08 Å². The first-order valence-corrected chi connectivity index (χ1v) is 3.92. The second kappa shape index (κ2) is 2.68. The van der Waals surface area contributed by atoms with Gasteiger partial charge in [-0.15, -0.1) is 0 Å². The lowest BCUT2D eigenvalue weighted by Crippen LogP contribution is -1.99. The van der Waals surface area contributed by atoms with Crippen LogP contribution >= 0.6 is 0 Å². The van der Waals surface area contributed by atoms with Crippen LogP contribution in [-0.4, -0.2) is 11.1 Å². The fraction of sp³-hybridized carbons (Fsp3) is 0.667. The van der Waals surface area contributed by atoms with Gasteiger partial charge in [-0.05, 0) is 25.7 Å². The normalized spacial score (nSPS) is 34.6. The van der Waals surface area contributed by atoms with E-state index in [1.807, 2.05) is 20.8 Å². The van der Waals surface area contributed by atoms with Gasteiger partial charge in [-0.25, -0.2) is 0 Å². The zero-order valence-electron chi connectivity index (χ0n) is 7.16. The van der Waals surface area contributed by atoms with E-state index < -0.39 is 5.97 Å². The molecule has 0 aromatic carbocycles. The minimum absolute atomic E-state index is 0.120. The van der Waals surface area contributed by atoms with Gasteiger partial charge in [0.25, 0.3) is 0 Å². The summed E-state index contributed by atoms with van der Waals surface area (Å²) in [6.45, 7) is 6.00. The van der Waals surface area contributed by atoms with E-state index in [1.54, 1.807) is 0 Å². The lowest BCUT2D eigenvalue weighted by Gasteiger charge is -1.87. The molecule has 0 radical (unpaired) electrons. The number of hydrogen-bond acceptors (Lipinski definition) is 1. The van der Waals surface area contributed by atoms with Gasteiger partial charge in [-0.2, -0.15) is 0 Å². The summed E-state index contributed by atoms with van der Waals surface area (Å²) in [5.74, 6) is -0.148. The molecule has 0 aromatic rings. The highest BCUT2D eigenvalue weighted by molar-refractivity contribution is 5.74. The van der Waals surface area contributed by atoms with Crippen LogP contribution in [0.1, 0.15) is 20.8 Å². The Bertz CT molecular complexity index is 202. The Hall–Kier alpha value is -0.790. The summed E-state index contributed by atoms with van der Waals surface area (Å²) in [4.78, 5) is 10.5. The molecule has 1 fully saturated rings. The number of aliphatic carboxylic acids is 1. The molecule has 1 N–H and O–H groups in total. The van der Waals surface area contributed by atoms with Crippen LogP contribution < -0.4 is 0 Å². The van der Waals surface area contributed by atoms with Gasteiger partial charge in [0.2, 0.25) is 0 Å². The van der Waals surface area contributed by atoms with E-state index in [-0.39, 0.29) is 11.8 Å². The first-order valence-electron chi connectivity index (χ1n) is 3.92. The summed E-state index contributed by atoms with van der Waals surface area (Å²) in [5.41, 5.74) is 1.21. The second-order valence-corrected chi connectivity index (χ2v) is 3.54. The molecular weight excluding hydrogens is 140 g/mol. The van der Waals surface area contributed by atoms with Crippen LogP contribution in [0.5, 0.6) is 0 Å². The topological polar surface area (TPSA) is 37.3 Å². The molecule has 0 spiro atoms. The van der Waals surface area contributed by atoms with Crippen molar-refractivity contribution < 1.29 is 9.90 Å². The highest BCUT2D eigenvalue weighted by Gasteiger charge is 2.50. The molecule has 0 unspecified atom stereocenters. The minimum Gasteiger partial charge on any atom is -0.481 e. The van der Waals surface area contributed by atoms with Gasteiger partial charge in [0, 0.05) is 0 Å². The highest BCUT2D eigenvalue weighted by atomic mass is 16.4. The lowest BCUT2D eigenvalue weighted by molar-refractivity contribution is -0.139. The number of carboxylic acid groups (broad SMARTS) is 1. The summed E-state index contributed by atoms with van der Waals surface area (Å²) >= 11 is 0. The monoisotopic (exact) mass is 154 g/mol. The quantitative estimate of drug-likeness (QED) is 0.617. The van der Waals surface area contributed by atoms with Gasteiger partial charge in [0.15, 0.2) is 0 Å². The van der Waals surface area contributed by atoms with Gasteiger partial charge in [-0.3, -0.25) is 4.79 Å². The van der Waals surface area contributed by atoms with Crippen molar-refractivity contribution in [1.82, 2.24) is 0 Å². The van der Waals surface area contributed by atoms with E-state index in [4.69, 9.17) is 5.11 Å². The zero-order valence-corrected chi connectivity index (χ0v) is 7.16. The van der Waals surface area contributed by atoms with Crippen molar-refractivity contribution in [2.75, 3.05) is 0 Å². The standard InChI is InChI=1S/C9H14O2/c1-5(2)4-7-6(3)8(7)9(10)11/h4,6-8H,1-3H3,(H,10,11)/t6-,7+,8+/m1/s1. The number of hydrogen-bond donors (Lipinski definition) is 1. The Balaban J connectivity index is 2.55. The molecule has 0 heterocycles. The third-order valence-electron chi connectivity index (χ3n) is 2.26. The van der Waals surface area contributed by atoms with Gasteiger partial charge in [0.05, 0.1) is 5.92 Å². The Morgan fingerprint density at radius 3 is 2.27 bits per heavy atom. The van der Waals surface area contributed by atoms with Crippen molar-refractivity contribution in [1.29, 1.82) is 0 Å². The molecule has 0 amide bonds. The van der Waals surface area contributed by atoms with Crippen molar-refractivity contribution in [2.45, 2.75) is 20.8 Å². The van der Waals surface area contributed by atoms with Crippen molar-refractivity contribution >= 4 is 5.97 Å². The summed E-state index contributed by atoms with van der Waals surface area (Å²) < 4.78 is 0. The maximum Gasteiger partial charge on any atom is 0.307 e. The summed E-state index contributed by atoms with van der Waals surface area (Å²) in [7, 11) is 0. The number of allylic oxidation sites excluding steroid dienone is 2. The fourth-order valence-corrected chi connectivity index (χ4v) is 1.52. The Morgan fingerprint density at radius 2 is 2.00 bits per heavy atom. The van der Waals surface area contributed by atoms with Crippen LogP contribution in [0.25, 0.3) is 0 Å². The Labute approximate surface area is 66.9 Å². The smallest absolute Gasteiger partial charge is 0.307 e. The molecule has 2 heteroatoms. The molecule has 1 aliphatic carbocycles. The van der Waals surface area contributed by atoms with E-state index >= 15 is 0 Å². The summed E-state index contributed by atoms with van der Waals surface area (Å²) in [6, 6.07) is 0. The van der Waals surface area contributed by atoms with Gasteiger partial charge in [-0.1, -0.05) is 18.6 Å². The van der Waals surface area contributed by atoms with Crippen molar-refractivity contribution in [3.05, 3.63) is 11.6 Å². The van der Waals surface area contributed by atoms with Crippen LogP contribution in [0.15, 0.2) is 11.6 Å². The molecule has 62 valence electrons. The van der Waals surface area contributed by atoms with E-state index in [1.165, 1.54) is 5.57 Å². The van der Waals surface area contributed by atoms with Crippen LogP contribution in [0.4, 0.5) is 0 Å². The average Bonchev–Trinajstić information content (AvgIpc) is 2.40. The molecule has 11 heavy (non-hydrogen) atoms. The molecule has 1 aliphatic rings. The van der Waals surface area contributed by atoms with Crippen molar-refractivity contribution in [3.8, 4) is 0 Å². The molecule has 1 saturated carbocycles. The van der Waals surface area contributed by atoms with Crippen LogP contribution in [0, 0.1) is 17.8 Å². The predicted molar refractivity (Wildman–Crippen MR) is 43.2 cm³/mol. The Morgan fingerprint density at radius 1 is 1.45 bits per heavy atom. The highest BCUT2D eigenvalue weighted by Crippen LogP contribution is 2.47. The average molecular weight is 154 g/mol. The third-order valence-corrected chi connectivity index (χ3v) is 2.26.